The minimum Gasteiger partial charge on any atom is -0.361 e. The average molecular weight is 427 g/mol. The molecule has 0 radical (unpaired) electrons. The highest BCUT2D eigenvalue weighted by Crippen LogP contribution is 2.25. The van der Waals surface area contributed by atoms with E-state index >= 15 is 0 Å². The van der Waals surface area contributed by atoms with Gasteiger partial charge in [-0.05, 0) is 62.7 Å². The fourth-order valence-corrected chi connectivity index (χ4v) is 5.00. The van der Waals surface area contributed by atoms with Gasteiger partial charge in [0, 0.05) is 24.7 Å². The average Bonchev–Trinajstić information content (AvgIpc) is 2.69. The van der Waals surface area contributed by atoms with Gasteiger partial charge >= 0.3 is 0 Å². The van der Waals surface area contributed by atoms with E-state index in [4.69, 9.17) is 12.2 Å². The summed E-state index contributed by atoms with van der Waals surface area (Å²) in [5.41, 5.74) is 5.52. The zero-order valence-corrected chi connectivity index (χ0v) is 18.2. The predicted octanol–water partition coefficient (Wildman–Crippen LogP) is 2.55. The number of hydrogen-bond donors (Lipinski definition) is 3. The molecule has 9 heteroatoms. The monoisotopic (exact) mass is 426 g/mol. The van der Waals surface area contributed by atoms with Gasteiger partial charge in [0.1, 0.15) is 0 Å². The molecule has 1 atom stereocenters. The van der Waals surface area contributed by atoms with Crippen LogP contribution in [0.1, 0.15) is 62.7 Å². The topological polar surface area (TPSA) is 90.5 Å². The highest BCUT2D eigenvalue weighted by atomic mass is 32.2. The maximum absolute atomic E-state index is 12.8. The molecule has 1 amide bonds. The summed E-state index contributed by atoms with van der Waals surface area (Å²) in [6.07, 6.45) is 6.06. The van der Waals surface area contributed by atoms with Gasteiger partial charge in [-0.1, -0.05) is 26.2 Å². The summed E-state index contributed by atoms with van der Waals surface area (Å²) in [5, 5.41) is 3.36. The summed E-state index contributed by atoms with van der Waals surface area (Å²) in [4.78, 5) is 12.4. The molecule has 156 valence electrons. The number of piperidine rings is 1. The van der Waals surface area contributed by atoms with E-state index in [9.17, 15) is 13.2 Å². The smallest absolute Gasteiger partial charge is 0.269 e. The Kier molecular flexibility index (Phi) is 8.65. The van der Waals surface area contributed by atoms with Crippen molar-refractivity contribution >= 4 is 33.3 Å². The lowest BCUT2D eigenvalue weighted by molar-refractivity contribution is 0.0943. The van der Waals surface area contributed by atoms with Crippen LogP contribution in [0.5, 0.6) is 0 Å². The van der Waals surface area contributed by atoms with E-state index in [0.29, 0.717) is 17.2 Å². The van der Waals surface area contributed by atoms with Crippen LogP contribution in [0.25, 0.3) is 0 Å². The molecule has 1 aromatic rings. The van der Waals surface area contributed by atoms with Crippen molar-refractivity contribution in [1.82, 2.24) is 20.5 Å². The molecule has 1 fully saturated rings. The van der Waals surface area contributed by atoms with Crippen molar-refractivity contribution in [1.29, 1.82) is 0 Å². The maximum Gasteiger partial charge on any atom is 0.269 e. The van der Waals surface area contributed by atoms with Gasteiger partial charge in [0.2, 0.25) is 10.0 Å². The summed E-state index contributed by atoms with van der Waals surface area (Å²) in [6, 6.07) is 5.98. The van der Waals surface area contributed by atoms with Crippen molar-refractivity contribution in [3.05, 3.63) is 29.8 Å². The molecule has 1 heterocycles. The lowest BCUT2D eigenvalue weighted by Crippen LogP contribution is -2.47. The lowest BCUT2D eigenvalue weighted by Gasteiger charge is -2.32. The third-order valence-corrected chi connectivity index (χ3v) is 7.09. The molecule has 1 aliphatic rings. The molecular formula is C19H30N4O3S2. The molecule has 1 aromatic carbocycles. The Labute approximate surface area is 173 Å². The number of unbranched alkanes of at least 4 members (excludes halogenated alkanes) is 2. The number of carbonyl (C=O) groups excluding carboxylic acids is 1. The van der Waals surface area contributed by atoms with Gasteiger partial charge in [-0.2, -0.15) is 4.31 Å². The first-order chi connectivity index (χ1) is 13.4. The zero-order valence-electron chi connectivity index (χ0n) is 16.5. The van der Waals surface area contributed by atoms with Crippen LogP contribution < -0.4 is 16.2 Å². The number of nitrogens with one attached hydrogen (secondary N) is 3. The molecule has 7 nitrogen and oxygen atoms in total. The standard InChI is InChI=1S/C19H30N4O3S2/c1-3-4-6-13-20-19(27)22-21-18(24)16-9-11-17(12-10-16)28(25,26)23-14-7-5-8-15(23)2/h9-12,15H,3-8,13-14H2,1-2H3,(H,21,24)(H2,20,22,27)/t15-/m1/s1. The van der Waals surface area contributed by atoms with Crippen LogP contribution in [-0.2, 0) is 10.0 Å². The second-order valence-corrected chi connectivity index (χ2v) is 9.33. The van der Waals surface area contributed by atoms with E-state index in [-0.39, 0.29) is 16.8 Å². The largest absolute Gasteiger partial charge is 0.361 e. The van der Waals surface area contributed by atoms with Gasteiger partial charge in [-0.25, -0.2) is 8.42 Å². The van der Waals surface area contributed by atoms with Gasteiger partial charge in [-0.15, -0.1) is 0 Å². The molecule has 1 aliphatic heterocycles. The summed E-state index contributed by atoms with van der Waals surface area (Å²) >= 11 is 5.10. The van der Waals surface area contributed by atoms with Crippen LogP contribution in [0.2, 0.25) is 0 Å². The van der Waals surface area contributed by atoms with Crippen molar-refractivity contribution in [2.75, 3.05) is 13.1 Å². The molecule has 0 aliphatic carbocycles. The SMILES string of the molecule is CCCCCNC(=S)NNC(=O)c1ccc(S(=O)(=O)N2CCCC[C@H]2C)cc1. The van der Waals surface area contributed by atoms with Crippen LogP contribution in [0.3, 0.4) is 0 Å². The molecule has 3 N–H and O–H groups in total. The van der Waals surface area contributed by atoms with Crippen molar-refractivity contribution in [3.63, 3.8) is 0 Å². The van der Waals surface area contributed by atoms with Crippen LogP contribution in [0.15, 0.2) is 29.2 Å². The zero-order chi connectivity index (χ0) is 20.6. The number of nitrogens with zero attached hydrogens (tertiary/aromatic N) is 1. The third-order valence-electron chi connectivity index (χ3n) is 4.82. The first kappa shape index (κ1) is 22.6. The van der Waals surface area contributed by atoms with Crippen molar-refractivity contribution < 1.29 is 13.2 Å². The third kappa shape index (κ3) is 6.15. The molecule has 0 spiro atoms. The van der Waals surface area contributed by atoms with Gasteiger partial charge < -0.3 is 5.32 Å². The minimum atomic E-state index is -3.54. The molecule has 0 aromatic heterocycles. The number of amides is 1. The van der Waals surface area contributed by atoms with E-state index in [1.54, 1.807) is 4.31 Å². The Balaban J connectivity index is 1.91. The fraction of sp³-hybridized carbons (Fsp3) is 0.579. The highest BCUT2D eigenvalue weighted by molar-refractivity contribution is 7.89. The molecule has 0 unspecified atom stereocenters. The first-order valence-corrected chi connectivity index (χ1v) is 11.7. The number of benzene rings is 1. The summed E-state index contributed by atoms with van der Waals surface area (Å²) in [6.45, 7) is 5.35. The highest BCUT2D eigenvalue weighted by Gasteiger charge is 2.30. The van der Waals surface area contributed by atoms with E-state index in [1.807, 2.05) is 6.92 Å². The molecule has 28 heavy (non-hydrogen) atoms. The van der Waals surface area contributed by atoms with Crippen molar-refractivity contribution in [2.24, 2.45) is 0 Å². The Morgan fingerprint density at radius 1 is 1.18 bits per heavy atom. The molecule has 2 rings (SSSR count). The van der Waals surface area contributed by atoms with E-state index in [2.05, 4.69) is 23.1 Å². The van der Waals surface area contributed by atoms with Crippen LogP contribution in [0.4, 0.5) is 0 Å². The van der Waals surface area contributed by atoms with Gasteiger partial charge in [0.15, 0.2) is 5.11 Å². The first-order valence-electron chi connectivity index (χ1n) is 9.82. The Morgan fingerprint density at radius 3 is 2.54 bits per heavy atom. The Bertz CT molecular complexity index is 766. The molecule has 0 bridgehead atoms. The van der Waals surface area contributed by atoms with Gasteiger partial charge in [0.05, 0.1) is 4.90 Å². The fourth-order valence-electron chi connectivity index (χ4n) is 3.15. The number of thiocarbonyl (C=S) groups is 1. The van der Waals surface area contributed by atoms with Gasteiger partial charge in [-0.3, -0.25) is 15.6 Å². The van der Waals surface area contributed by atoms with E-state index in [1.165, 1.54) is 24.3 Å². The molecular weight excluding hydrogens is 396 g/mol. The van der Waals surface area contributed by atoms with Crippen LogP contribution >= 0.6 is 12.2 Å². The van der Waals surface area contributed by atoms with Gasteiger partial charge in [0.25, 0.3) is 5.91 Å². The molecule has 1 saturated heterocycles. The number of hydrazine groups is 1. The van der Waals surface area contributed by atoms with Crippen LogP contribution in [-0.4, -0.2) is 42.9 Å². The van der Waals surface area contributed by atoms with E-state index < -0.39 is 10.0 Å². The van der Waals surface area contributed by atoms with E-state index in [0.717, 1.165) is 45.1 Å². The Hall–Kier alpha value is -1.71. The minimum absolute atomic E-state index is 0.00300. The van der Waals surface area contributed by atoms with Crippen LogP contribution in [0, 0.1) is 0 Å². The second-order valence-electron chi connectivity index (χ2n) is 7.03. The maximum atomic E-state index is 12.8. The van der Waals surface area contributed by atoms with Crippen molar-refractivity contribution in [3.8, 4) is 0 Å². The predicted molar refractivity (Wildman–Crippen MR) is 114 cm³/mol. The number of hydrogen-bond acceptors (Lipinski definition) is 4. The quantitative estimate of drug-likeness (QED) is 0.353. The van der Waals surface area contributed by atoms with Crippen molar-refractivity contribution in [2.45, 2.75) is 63.3 Å². The number of carbonyl (C=O) groups is 1. The Morgan fingerprint density at radius 2 is 1.89 bits per heavy atom. The lowest BCUT2D eigenvalue weighted by atomic mass is 10.1. The summed E-state index contributed by atoms with van der Waals surface area (Å²) < 4.78 is 27.2. The number of sulfonamides is 1. The second kappa shape index (κ2) is 10.7. The number of rotatable bonds is 7. The summed E-state index contributed by atoms with van der Waals surface area (Å²) in [7, 11) is -3.54. The molecule has 0 saturated carbocycles. The summed E-state index contributed by atoms with van der Waals surface area (Å²) in [5.74, 6) is -0.381. The normalized spacial score (nSPS) is 17.7.